The topological polar surface area (TPSA) is 49.8 Å². The first kappa shape index (κ1) is 12.1. The number of carbonyl (C=O) groups excluding carboxylic acids is 1. The molecule has 1 amide bonds. The monoisotopic (exact) mass is 259 g/mol. The van der Waals surface area contributed by atoms with Crippen molar-refractivity contribution in [2.75, 3.05) is 18.1 Å². The zero-order valence-electron chi connectivity index (χ0n) is 8.90. The summed E-state index contributed by atoms with van der Waals surface area (Å²) in [6.07, 6.45) is -0.0324. The molecule has 0 bridgehead atoms. The van der Waals surface area contributed by atoms with Crippen molar-refractivity contribution in [2.24, 2.45) is 0 Å². The summed E-state index contributed by atoms with van der Waals surface area (Å²) in [4.78, 5) is 12.9. The normalized spacial score (nSPS) is 20.3. The van der Waals surface area contributed by atoms with Crippen molar-refractivity contribution in [3.63, 3.8) is 0 Å². The van der Waals surface area contributed by atoms with Crippen molar-refractivity contribution in [1.82, 2.24) is 0 Å². The fourth-order valence-corrected chi connectivity index (χ4v) is 1.93. The summed E-state index contributed by atoms with van der Waals surface area (Å²) in [6, 6.07) is 3.58. The second-order valence-electron chi connectivity index (χ2n) is 3.71. The van der Waals surface area contributed by atoms with Gasteiger partial charge in [-0.05, 0) is 18.2 Å². The second-order valence-corrected chi connectivity index (χ2v) is 4.12. The number of amides is 1. The maximum Gasteiger partial charge on any atom is 0.414 e. The smallest absolute Gasteiger partial charge is 0.414 e. The van der Waals surface area contributed by atoms with Crippen LogP contribution in [0.2, 0.25) is 5.02 Å². The maximum absolute atomic E-state index is 13.0. The molecule has 1 aliphatic heterocycles. The molecule has 0 aliphatic carbocycles. The van der Waals surface area contributed by atoms with Crippen LogP contribution >= 0.6 is 11.6 Å². The molecule has 1 aromatic carbocycles. The molecule has 2 rings (SSSR count). The molecule has 0 spiro atoms. The Labute approximate surface area is 103 Å². The van der Waals surface area contributed by atoms with E-state index in [9.17, 15) is 14.3 Å². The highest BCUT2D eigenvalue weighted by molar-refractivity contribution is 6.31. The largest absolute Gasteiger partial charge is 0.449 e. The van der Waals surface area contributed by atoms with Gasteiger partial charge < -0.3 is 9.84 Å². The van der Waals surface area contributed by atoms with Gasteiger partial charge in [0.25, 0.3) is 0 Å². The number of nitrogens with zero attached hydrogens (tertiary/aromatic N) is 1. The summed E-state index contributed by atoms with van der Waals surface area (Å²) in [5, 5.41) is 9.14. The van der Waals surface area contributed by atoms with Crippen LogP contribution in [0.15, 0.2) is 18.2 Å². The lowest BCUT2D eigenvalue weighted by molar-refractivity contribution is 0.116. The standard InChI is InChI=1S/C11H11ClFNO3/c12-9-5-7(1-2-10(9)13)14-8(6-15)3-4-17-11(14)16/h1-2,5,8,15H,3-4,6H2. The van der Waals surface area contributed by atoms with Gasteiger partial charge in [-0.2, -0.15) is 0 Å². The third kappa shape index (κ3) is 2.35. The van der Waals surface area contributed by atoms with Gasteiger partial charge in [0.15, 0.2) is 0 Å². The van der Waals surface area contributed by atoms with Gasteiger partial charge in [-0.25, -0.2) is 9.18 Å². The number of rotatable bonds is 2. The number of halogens is 2. The van der Waals surface area contributed by atoms with Crippen LogP contribution in [-0.4, -0.2) is 30.5 Å². The Balaban J connectivity index is 2.34. The van der Waals surface area contributed by atoms with Crippen molar-refractivity contribution >= 4 is 23.4 Å². The zero-order valence-corrected chi connectivity index (χ0v) is 9.65. The minimum Gasteiger partial charge on any atom is -0.449 e. The predicted octanol–water partition coefficient (Wildman–Crippen LogP) is 2.19. The van der Waals surface area contributed by atoms with Gasteiger partial charge in [0.05, 0.1) is 24.3 Å². The molecule has 6 heteroatoms. The minimum atomic E-state index is -0.557. The minimum absolute atomic E-state index is 0.0717. The van der Waals surface area contributed by atoms with Crippen LogP contribution in [0, 0.1) is 5.82 Å². The predicted molar refractivity (Wildman–Crippen MR) is 60.7 cm³/mol. The van der Waals surface area contributed by atoms with E-state index in [1.165, 1.54) is 23.1 Å². The Morgan fingerprint density at radius 2 is 2.35 bits per heavy atom. The Morgan fingerprint density at radius 3 is 3.00 bits per heavy atom. The summed E-state index contributed by atoms with van der Waals surface area (Å²) < 4.78 is 17.9. The van der Waals surface area contributed by atoms with E-state index in [-0.39, 0.29) is 24.3 Å². The number of hydrogen-bond donors (Lipinski definition) is 1. The van der Waals surface area contributed by atoms with Crippen LogP contribution in [0.4, 0.5) is 14.9 Å². The van der Waals surface area contributed by atoms with Crippen LogP contribution in [0.1, 0.15) is 6.42 Å². The first-order chi connectivity index (χ1) is 8.13. The molecule has 17 heavy (non-hydrogen) atoms. The van der Waals surface area contributed by atoms with Gasteiger partial charge in [-0.15, -0.1) is 0 Å². The van der Waals surface area contributed by atoms with Gasteiger partial charge in [-0.1, -0.05) is 11.6 Å². The van der Waals surface area contributed by atoms with Crippen molar-refractivity contribution in [2.45, 2.75) is 12.5 Å². The molecular weight excluding hydrogens is 249 g/mol. The first-order valence-electron chi connectivity index (χ1n) is 5.15. The van der Waals surface area contributed by atoms with Crippen molar-refractivity contribution in [1.29, 1.82) is 0 Å². The van der Waals surface area contributed by atoms with E-state index in [0.29, 0.717) is 12.1 Å². The molecule has 92 valence electrons. The zero-order chi connectivity index (χ0) is 12.4. The molecule has 1 aliphatic rings. The van der Waals surface area contributed by atoms with E-state index in [1.807, 2.05) is 0 Å². The average Bonchev–Trinajstić information content (AvgIpc) is 2.32. The molecule has 1 unspecified atom stereocenters. The number of aliphatic hydroxyl groups excluding tert-OH is 1. The third-order valence-corrected chi connectivity index (χ3v) is 2.92. The summed E-state index contributed by atoms with van der Waals surface area (Å²) in [5.74, 6) is -0.554. The highest BCUT2D eigenvalue weighted by Crippen LogP contribution is 2.27. The Kier molecular flexibility index (Phi) is 3.49. The van der Waals surface area contributed by atoms with E-state index in [2.05, 4.69) is 0 Å². The van der Waals surface area contributed by atoms with E-state index >= 15 is 0 Å². The van der Waals surface area contributed by atoms with Crippen LogP contribution in [0.3, 0.4) is 0 Å². The number of benzene rings is 1. The van der Waals surface area contributed by atoms with Crippen LogP contribution < -0.4 is 4.90 Å². The van der Waals surface area contributed by atoms with E-state index in [1.54, 1.807) is 0 Å². The summed E-state index contributed by atoms with van der Waals surface area (Å²) in [5.41, 5.74) is 0.417. The molecule has 1 fully saturated rings. The highest BCUT2D eigenvalue weighted by Gasteiger charge is 2.30. The lowest BCUT2D eigenvalue weighted by Crippen LogP contribution is -2.47. The Morgan fingerprint density at radius 1 is 1.59 bits per heavy atom. The fourth-order valence-electron chi connectivity index (χ4n) is 1.75. The SMILES string of the molecule is O=C1OCCC(CO)N1c1ccc(F)c(Cl)c1. The van der Waals surface area contributed by atoms with Gasteiger partial charge in [0, 0.05) is 12.1 Å². The molecular formula is C11H11ClFNO3. The average molecular weight is 260 g/mol. The highest BCUT2D eigenvalue weighted by atomic mass is 35.5. The van der Waals surface area contributed by atoms with Gasteiger partial charge >= 0.3 is 6.09 Å². The molecule has 1 atom stereocenters. The summed E-state index contributed by atoms with van der Waals surface area (Å²) >= 11 is 5.66. The summed E-state index contributed by atoms with van der Waals surface area (Å²) in [7, 11) is 0. The molecule has 1 saturated heterocycles. The number of cyclic esters (lactones) is 1. The van der Waals surface area contributed by atoms with Crippen molar-refractivity contribution in [3.05, 3.63) is 29.0 Å². The Bertz CT molecular complexity index is 441. The van der Waals surface area contributed by atoms with E-state index < -0.39 is 11.9 Å². The molecule has 0 radical (unpaired) electrons. The van der Waals surface area contributed by atoms with E-state index in [4.69, 9.17) is 16.3 Å². The van der Waals surface area contributed by atoms with Crippen LogP contribution in [-0.2, 0) is 4.74 Å². The maximum atomic E-state index is 13.0. The first-order valence-corrected chi connectivity index (χ1v) is 5.53. The lowest BCUT2D eigenvalue weighted by atomic mass is 10.1. The number of hydrogen-bond acceptors (Lipinski definition) is 3. The number of anilines is 1. The number of carbonyl (C=O) groups is 1. The second kappa shape index (κ2) is 4.89. The lowest BCUT2D eigenvalue weighted by Gasteiger charge is -2.33. The van der Waals surface area contributed by atoms with E-state index in [0.717, 1.165) is 0 Å². The fraction of sp³-hybridized carbons (Fsp3) is 0.364. The molecule has 1 heterocycles. The Hall–Kier alpha value is -1.33. The summed E-state index contributed by atoms with van der Waals surface area (Å²) in [6.45, 7) is 0.0968. The van der Waals surface area contributed by atoms with Gasteiger partial charge in [0.1, 0.15) is 5.82 Å². The van der Waals surface area contributed by atoms with Crippen molar-refractivity contribution < 1.29 is 19.0 Å². The molecule has 1 aromatic rings. The molecule has 0 saturated carbocycles. The number of ether oxygens (including phenoxy) is 1. The van der Waals surface area contributed by atoms with Crippen LogP contribution in [0.25, 0.3) is 0 Å². The molecule has 4 nitrogen and oxygen atoms in total. The molecule has 0 aromatic heterocycles. The van der Waals surface area contributed by atoms with Crippen molar-refractivity contribution in [3.8, 4) is 0 Å². The quantitative estimate of drug-likeness (QED) is 0.886. The van der Waals surface area contributed by atoms with Crippen LogP contribution in [0.5, 0.6) is 0 Å². The molecule has 1 N–H and O–H groups in total. The van der Waals surface area contributed by atoms with Gasteiger partial charge in [0.2, 0.25) is 0 Å². The number of aliphatic hydroxyl groups is 1. The van der Waals surface area contributed by atoms with Gasteiger partial charge in [-0.3, -0.25) is 4.90 Å². The third-order valence-electron chi connectivity index (χ3n) is 2.63.